The zero-order valence-electron chi connectivity index (χ0n) is 10.9. The molecule has 0 atom stereocenters. The van der Waals surface area contributed by atoms with Crippen molar-refractivity contribution in [2.75, 3.05) is 13.1 Å². The van der Waals surface area contributed by atoms with Crippen molar-refractivity contribution in [1.82, 2.24) is 4.90 Å². The zero-order chi connectivity index (χ0) is 13.9. The zero-order valence-corrected chi connectivity index (χ0v) is 11.8. The highest BCUT2D eigenvalue weighted by Gasteiger charge is 2.29. The van der Waals surface area contributed by atoms with E-state index in [0.29, 0.717) is 25.9 Å². The number of hydrogen-bond donors (Lipinski definition) is 0. The number of nitrogens with zero attached hydrogens (tertiary/aromatic N) is 1. The van der Waals surface area contributed by atoms with E-state index in [1.165, 1.54) is 12.1 Å². The highest BCUT2D eigenvalue weighted by Crippen LogP contribution is 2.29. The van der Waals surface area contributed by atoms with E-state index in [-0.39, 0.29) is 18.2 Å². The molecule has 1 aromatic carbocycles. The van der Waals surface area contributed by atoms with Crippen molar-refractivity contribution in [3.8, 4) is 0 Å². The summed E-state index contributed by atoms with van der Waals surface area (Å²) in [5, 5.41) is 0. The number of carbonyl (C=O) groups is 1. The van der Waals surface area contributed by atoms with Gasteiger partial charge in [-0.15, -0.1) is 12.4 Å². The standard InChI is InChI=1S/C14H16F3NO.ClH/c15-14(16,17)12-5-3-11(4-6-12)10-18-8-1-2-13(19)7-9-18;/h3-6H,1-2,7-10H2;1H. The third kappa shape index (κ3) is 4.80. The molecule has 6 heteroatoms. The van der Waals surface area contributed by atoms with Gasteiger partial charge in [-0.25, -0.2) is 0 Å². The molecule has 0 saturated carbocycles. The van der Waals surface area contributed by atoms with Gasteiger partial charge in [-0.05, 0) is 30.7 Å². The van der Waals surface area contributed by atoms with E-state index < -0.39 is 11.7 Å². The second kappa shape index (κ2) is 7.09. The minimum absolute atomic E-state index is 0. The number of ketones is 1. The van der Waals surface area contributed by atoms with Gasteiger partial charge in [0.1, 0.15) is 5.78 Å². The molecule has 1 aromatic rings. The summed E-state index contributed by atoms with van der Waals surface area (Å²) >= 11 is 0. The molecule has 0 radical (unpaired) electrons. The van der Waals surface area contributed by atoms with Crippen molar-refractivity contribution in [2.45, 2.75) is 32.0 Å². The average molecular weight is 308 g/mol. The summed E-state index contributed by atoms with van der Waals surface area (Å²) in [5.41, 5.74) is 0.227. The molecule has 2 nitrogen and oxygen atoms in total. The fraction of sp³-hybridized carbons (Fsp3) is 0.500. The largest absolute Gasteiger partial charge is 0.416 e. The molecular formula is C14H17ClF3NO. The van der Waals surface area contributed by atoms with Crippen LogP contribution in [-0.4, -0.2) is 23.8 Å². The smallest absolute Gasteiger partial charge is 0.300 e. The van der Waals surface area contributed by atoms with E-state index in [0.717, 1.165) is 30.7 Å². The Kier molecular flexibility index (Phi) is 6.02. The van der Waals surface area contributed by atoms with Crippen LogP contribution in [-0.2, 0) is 17.5 Å². The molecule has 0 aliphatic carbocycles. The van der Waals surface area contributed by atoms with Crippen LogP contribution in [0.4, 0.5) is 13.2 Å². The van der Waals surface area contributed by atoms with Crippen LogP contribution in [0.2, 0.25) is 0 Å². The van der Waals surface area contributed by atoms with Gasteiger partial charge < -0.3 is 0 Å². The molecule has 1 saturated heterocycles. The van der Waals surface area contributed by atoms with Crippen LogP contribution < -0.4 is 0 Å². The maximum Gasteiger partial charge on any atom is 0.416 e. The van der Waals surface area contributed by atoms with Crippen molar-refractivity contribution in [3.05, 3.63) is 35.4 Å². The third-order valence-electron chi connectivity index (χ3n) is 3.32. The molecule has 0 unspecified atom stereocenters. The number of Topliss-reactive ketones (excluding diaryl/α,β-unsaturated/α-hetero) is 1. The van der Waals surface area contributed by atoms with Crippen molar-refractivity contribution < 1.29 is 18.0 Å². The Morgan fingerprint density at radius 3 is 2.30 bits per heavy atom. The Bertz CT molecular complexity index is 445. The van der Waals surface area contributed by atoms with E-state index in [2.05, 4.69) is 4.90 Å². The van der Waals surface area contributed by atoms with Crippen molar-refractivity contribution in [2.24, 2.45) is 0 Å². The van der Waals surface area contributed by atoms with Gasteiger partial charge in [0.25, 0.3) is 0 Å². The van der Waals surface area contributed by atoms with Crippen molar-refractivity contribution in [3.63, 3.8) is 0 Å². The molecule has 0 N–H and O–H groups in total. The summed E-state index contributed by atoms with van der Waals surface area (Å²) < 4.78 is 37.3. The molecular weight excluding hydrogens is 291 g/mol. The molecule has 112 valence electrons. The first kappa shape index (κ1) is 17.0. The summed E-state index contributed by atoms with van der Waals surface area (Å²) in [6.45, 7) is 2.12. The minimum atomic E-state index is -4.28. The second-order valence-electron chi connectivity index (χ2n) is 4.86. The van der Waals surface area contributed by atoms with Gasteiger partial charge in [0, 0.05) is 25.9 Å². The molecule has 0 amide bonds. The summed E-state index contributed by atoms with van der Waals surface area (Å²) in [6.07, 6.45) is -2.29. The number of carbonyl (C=O) groups excluding carboxylic acids is 1. The number of likely N-dealkylation sites (tertiary alicyclic amines) is 1. The molecule has 1 heterocycles. The van der Waals surface area contributed by atoms with Crippen LogP contribution in [0, 0.1) is 0 Å². The molecule has 0 spiro atoms. The van der Waals surface area contributed by atoms with Crippen molar-refractivity contribution >= 4 is 18.2 Å². The van der Waals surface area contributed by atoms with Crippen LogP contribution in [0.3, 0.4) is 0 Å². The van der Waals surface area contributed by atoms with Crippen LogP contribution in [0.15, 0.2) is 24.3 Å². The number of halogens is 4. The van der Waals surface area contributed by atoms with Gasteiger partial charge >= 0.3 is 6.18 Å². The summed E-state index contributed by atoms with van der Waals surface area (Å²) in [5.74, 6) is 0.273. The van der Waals surface area contributed by atoms with Crippen LogP contribution >= 0.6 is 12.4 Å². The first-order chi connectivity index (χ1) is 8.95. The predicted molar refractivity (Wildman–Crippen MR) is 72.8 cm³/mol. The lowest BCUT2D eigenvalue weighted by molar-refractivity contribution is -0.137. The summed E-state index contributed by atoms with van der Waals surface area (Å²) in [6, 6.07) is 5.24. The monoisotopic (exact) mass is 307 g/mol. The fourth-order valence-electron chi connectivity index (χ4n) is 2.23. The number of benzene rings is 1. The lowest BCUT2D eigenvalue weighted by Crippen LogP contribution is -2.24. The summed E-state index contributed by atoms with van der Waals surface area (Å²) in [4.78, 5) is 13.4. The van der Waals surface area contributed by atoms with Crippen LogP contribution in [0.5, 0.6) is 0 Å². The molecule has 20 heavy (non-hydrogen) atoms. The van der Waals surface area contributed by atoms with E-state index >= 15 is 0 Å². The quantitative estimate of drug-likeness (QED) is 0.830. The first-order valence-electron chi connectivity index (χ1n) is 6.35. The lowest BCUT2D eigenvalue weighted by atomic mass is 10.1. The van der Waals surface area contributed by atoms with Crippen molar-refractivity contribution in [1.29, 1.82) is 0 Å². The highest BCUT2D eigenvalue weighted by molar-refractivity contribution is 5.85. The molecule has 0 bridgehead atoms. The maximum atomic E-state index is 12.4. The lowest BCUT2D eigenvalue weighted by Gasteiger charge is -2.19. The predicted octanol–water partition coefficient (Wildman–Crippen LogP) is 3.68. The van der Waals surface area contributed by atoms with E-state index in [9.17, 15) is 18.0 Å². The van der Waals surface area contributed by atoms with E-state index in [1.807, 2.05) is 0 Å². The Balaban J connectivity index is 0.00000200. The fourth-order valence-corrected chi connectivity index (χ4v) is 2.23. The van der Waals surface area contributed by atoms with Gasteiger partial charge in [0.2, 0.25) is 0 Å². The van der Waals surface area contributed by atoms with E-state index in [4.69, 9.17) is 0 Å². The number of rotatable bonds is 2. The molecule has 0 aromatic heterocycles. The Hall–Kier alpha value is -1.07. The van der Waals surface area contributed by atoms with Gasteiger partial charge in [0.15, 0.2) is 0 Å². The van der Waals surface area contributed by atoms with Gasteiger partial charge in [-0.1, -0.05) is 12.1 Å². The molecule has 1 aliphatic heterocycles. The third-order valence-corrected chi connectivity index (χ3v) is 3.32. The highest BCUT2D eigenvalue weighted by atomic mass is 35.5. The maximum absolute atomic E-state index is 12.4. The Labute approximate surface area is 122 Å². The van der Waals surface area contributed by atoms with Gasteiger partial charge in [-0.3, -0.25) is 9.69 Å². The Morgan fingerprint density at radius 2 is 1.70 bits per heavy atom. The normalized spacial score (nSPS) is 17.4. The van der Waals surface area contributed by atoms with Crippen LogP contribution in [0.25, 0.3) is 0 Å². The minimum Gasteiger partial charge on any atom is -0.300 e. The number of hydrogen-bond acceptors (Lipinski definition) is 2. The first-order valence-corrected chi connectivity index (χ1v) is 6.35. The molecule has 1 aliphatic rings. The Morgan fingerprint density at radius 1 is 1.05 bits per heavy atom. The topological polar surface area (TPSA) is 20.3 Å². The second-order valence-corrected chi connectivity index (χ2v) is 4.86. The molecule has 2 rings (SSSR count). The number of alkyl halides is 3. The summed E-state index contributed by atoms with van der Waals surface area (Å²) in [7, 11) is 0. The molecule has 1 fully saturated rings. The SMILES string of the molecule is Cl.O=C1CCCN(Cc2ccc(C(F)(F)F)cc2)CC1. The van der Waals surface area contributed by atoms with Gasteiger partial charge in [-0.2, -0.15) is 13.2 Å². The van der Waals surface area contributed by atoms with Crippen LogP contribution in [0.1, 0.15) is 30.4 Å². The van der Waals surface area contributed by atoms with Gasteiger partial charge in [0.05, 0.1) is 5.56 Å². The van der Waals surface area contributed by atoms with E-state index in [1.54, 1.807) is 0 Å². The average Bonchev–Trinajstić information content (AvgIpc) is 2.54.